The van der Waals surface area contributed by atoms with Crippen molar-refractivity contribution in [3.8, 4) is 22.8 Å². The molecule has 0 unspecified atom stereocenters. The van der Waals surface area contributed by atoms with Crippen LogP contribution in [0.3, 0.4) is 0 Å². The van der Waals surface area contributed by atoms with E-state index in [-0.39, 0.29) is 5.28 Å². The molecule has 0 saturated carbocycles. The van der Waals surface area contributed by atoms with E-state index < -0.39 is 0 Å². The summed E-state index contributed by atoms with van der Waals surface area (Å²) in [5.41, 5.74) is 3.20. The zero-order valence-corrected chi connectivity index (χ0v) is 14.2. The number of aromatic nitrogens is 4. The lowest BCUT2D eigenvalue weighted by Gasteiger charge is -2.04. The Morgan fingerprint density at radius 1 is 0.731 bits per heavy atom. The van der Waals surface area contributed by atoms with Gasteiger partial charge in [-0.1, -0.05) is 36.4 Å². The zero-order chi connectivity index (χ0) is 17.5. The normalized spacial score (nSPS) is 11.3. The van der Waals surface area contributed by atoms with Crippen LogP contribution in [0, 0.1) is 0 Å². The number of fused-ring (bicyclic) bond motifs is 3. The summed E-state index contributed by atoms with van der Waals surface area (Å²) >= 11 is 6.14. The zero-order valence-electron chi connectivity index (χ0n) is 13.4. The second-order valence-corrected chi connectivity index (χ2v) is 6.14. The predicted octanol–water partition coefficient (Wildman–Crippen LogP) is 5.15. The molecule has 0 aliphatic carbocycles. The third-order valence-corrected chi connectivity index (χ3v) is 4.34. The van der Waals surface area contributed by atoms with E-state index in [2.05, 4.69) is 19.9 Å². The van der Waals surface area contributed by atoms with Crippen molar-refractivity contribution < 1.29 is 4.42 Å². The number of hydrogen-bond acceptors (Lipinski definition) is 5. The fraction of sp³-hybridized carbons (Fsp3) is 0. The van der Waals surface area contributed by atoms with Gasteiger partial charge in [-0.15, -0.1) is 0 Å². The Hall–Kier alpha value is -3.31. The summed E-state index contributed by atoms with van der Waals surface area (Å²) in [6.07, 6.45) is 3.46. The molecular formula is C20H11ClN4O. The molecule has 0 spiro atoms. The van der Waals surface area contributed by atoms with Gasteiger partial charge in [0.1, 0.15) is 5.58 Å². The van der Waals surface area contributed by atoms with E-state index in [1.54, 1.807) is 12.4 Å². The van der Waals surface area contributed by atoms with Gasteiger partial charge in [0, 0.05) is 28.1 Å². The molecule has 0 bridgehead atoms. The smallest absolute Gasteiger partial charge is 0.226 e. The first-order valence-corrected chi connectivity index (χ1v) is 8.39. The third kappa shape index (κ3) is 2.50. The van der Waals surface area contributed by atoms with Crippen molar-refractivity contribution in [1.29, 1.82) is 0 Å². The van der Waals surface area contributed by atoms with Crippen LogP contribution in [0.5, 0.6) is 0 Å². The van der Waals surface area contributed by atoms with Gasteiger partial charge in [-0.2, -0.15) is 9.97 Å². The maximum Gasteiger partial charge on any atom is 0.226 e. The summed E-state index contributed by atoms with van der Waals surface area (Å²) in [6, 6.07) is 17.5. The van der Waals surface area contributed by atoms with Gasteiger partial charge in [0.2, 0.25) is 5.28 Å². The first kappa shape index (κ1) is 15.0. The molecule has 0 atom stereocenters. The minimum atomic E-state index is 0.155. The first-order chi connectivity index (χ1) is 12.8. The molecule has 5 aromatic rings. The quantitative estimate of drug-likeness (QED) is 0.436. The first-order valence-electron chi connectivity index (χ1n) is 8.01. The molecule has 0 fully saturated rings. The van der Waals surface area contributed by atoms with Crippen molar-refractivity contribution in [2.24, 2.45) is 0 Å². The number of halogens is 1. The number of nitrogens with zero attached hydrogens (tertiary/aromatic N) is 4. The maximum absolute atomic E-state index is 6.14. The van der Waals surface area contributed by atoms with E-state index in [4.69, 9.17) is 16.0 Å². The van der Waals surface area contributed by atoms with Crippen molar-refractivity contribution >= 4 is 33.5 Å². The number of pyridine rings is 1. The van der Waals surface area contributed by atoms with Crippen LogP contribution in [0.1, 0.15) is 0 Å². The van der Waals surface area contributed by atoms with E-state index in [1.807, 2.05) is 54.6 Å². The van der Waals surface area contributed by atoms with Crippen LogP contribution in [-0.2, 0) is 0 Å². The Morgan fingerprint density at radius 3 is 2.35 bits per heavy atom. The Bertz CT molecular complexity index is 1250. The summed E-state index contributed by atoms with van der Waals surface area (Å²) in [4.78, 5) is 17.2. The molecular weight excluding hydrogens is 348 g/mol. The number of furan rings is 1. The molecule has 3 aromatic heterocycles. The summed E-state index contributed by atoms with van der Waals surface area (Å²) in [6.45, 7) is 0. The summed E-state index contributed by atoms with van der Waals surface area (Å²) in [7, 11) is 0. The Labute approximate surface area is 153 Å². The lowest BCUT2D eigenvalue weighted by Crippen LogP contribution is -1.97. The van der Waals surface area contributed by atoms with Gasteiger partial charge in [-0.25, -0.2) is 4.98 Å². The molecule has 5 nitrogen and oxygen atoms in total. The molecule has 3 heterocycles. The SMILES string of the molecule is Clc1nc(-c2ccccc2)nc(-c2ccc3c(c2)oc2cnccc23)n1. The monoisotopic (exact) mass is 358 g/mol. The van der Waals surface area contributed by atoms with Crippen molar-refractivity contribution in [1.82, 2.24) is 19.9 Å². The Kier molecular flexibility index (Phi) is 3.40. The van der Waals surface area contributed by atoms with Crippen LogP contribution in [0.4, 0.5) is 0 Å². The highest BCUT2D eigenvalue weighted by Gasteiger charge is 2.12. The van der Waals surface area contributed by atoms with Gasteiger partial charge < -0.3 is 4.42 Å². The topological polar surface area (TPSA) is 64.7 Å². The van der Waals surface area contributed by atoms with Crippen molar-refractivity contribution in [3.05, 3.63) is 72.3 Å². The van der Waals surface area contributed by atoms with E-state index in [0.29, 0.717) is 11.6 Å². The highest BCUT2D eigenvalue weighted by Crippen LogP contribution is 2.31. The minimum Gasteiger partial charge on any atom is -0.454 e. The van der Waals surface area contributed by atoms with Gasteiger partial charge in [-0.05, 0) is 29.8 Å². The lowest BCUT2D eigenvalue weighted by atomic mass is 10.1. The minimum absolute atomic E-state index is 0.155. The van der Waals surface area contributed by atoms with Crippen LogP contribution in [-0.4, -0.2) is 19.9 Å². The fourth-order valence-corrected chi connectivity index (χ4v) is 3.13. The second-order valence-electron chi connectivity index (χ2n) is 5.80. The summed E-state index contributed by atoms with van der Waals surface area (Å²) in [5, 5.41) is 2.21. The second kappa shape index (κ2) is 5.89. The molecule has 0 aliphatic rings. The summed E-state index contributed by atoms with van der Waals surface area (Å²) in [5.74, 6) is 1.04. The maximum atomic E-state index is 6.14. The number of rotatable bonds is 2. The Morgan fingerprint density at radius 2 is 1.50 bits per heavy atom. The van der Waals surface area contributed by atoms with Gasteiger partial charge in [-0.3, -0.25) is 4.98 Å². The molecule has 0 radical (unpaired) electrons. The molecule has 26 heavy (non-hydrogen) atoms. The highest BCUT2D eigenvalue weighted by molar-refractivity contribution is 6.28. The van der Waals surface area contributed by atoms with E-state index in [0.717, 1.165) is 33.1 Å². The summed E-state index contributed by atoms with van der Waals surface area (Å²) < 4.78 is 5.89. The molecule has 2 aromatic carbocycles. The lowest BCUT2D eigenvalue weighted by molar-refractivity contribution is 0.667. The van der Waals surface area contributed by atoms with Crippen LogP contribution < -0.4 is 0 Å². The largest absolute Gasteiger partial charge is 0.454 e. The number of benzene rings is 2. The molecule has 0 amide bonds. The fourth-order valence-electron chi connectivity index (χ4n) is 2.97. The van der Waals surface area contributed by atoms with Crippen LogP contribution >= 0.6 is 11.6 Å². The van der Waals surface area contributed by atoms with Crippen LogP contribution in [0.15, 0.2) is 71.4 Å². The van der Waals surface area contributed by atoms with Crippen molar-refractivity contribution in [3.63, 3.8) is 0 Å². The molecule has 6 heteroatoms. The van der Waals surface area contributed by atoms with Gasteiger partial charge >= 0.3 is 0 Å². The van der Waals surface area contributed by atoms with E-state index >= 15 is 0 Å². The predicted molar refractivity (Wildman–Crippen MR) is 101 cm³/mol. The number of hydrogen-bond donors (Lipinski definition) is 0. The van der Waals surface area contributed by atoms with Crippen molar-refractivity contribution in [2.75, 3.05) is 0 Å². The van der Waals surface area contributed by atoms with Crippen LogP contribution in [0.2, 0.25) is 5.28 Å². The molecule has 124 valence electrons. The molecule has 0 N–H and O–H groups in total. The van der Waals surface area contributed by atoms with Crippen molar-refractivity contribution in [2.45, 2.75) is 0 Å². The van der Waals surface area contributed by atoms with E-state index in [9.17, 15) is 0 Å². The van der Waals surface area contributed by atoms with Gasteiger partial charge in [0.05, 0.1) is 6.20 Å². The molecule has 0 saturated heterocycles. The molecule has 0 aliphatic heterocycles. The third-order valence-electron chi connectivity index (χ3n) is 4.17. The average molecular weight is 359 g/mol. The highest BCUT2D eigenvalue weighted by atomic mass is 35.5. The molecule has 5 rings (SSSR count). The Balaban J connectivity index is 1.67. The average Bonchev–Trinajstić information content (AvgIpc) is 3.06. The standard InChI is InChI=1S/C20H11ClN4O/c21-20-24-18(12-4-2-1-3-5-12)23-19(25-20)13-6-7-14-15-8-9-22-11-17(15)26-16(14)10-13/h1-11H. The van der Waals surface area contributed by atoms with Gasteiger partial charge in [0.15, 0.2) is 17.2 Å². The van der Waals surface area contributed by atoms with Gasteiger partial charge in [0.25, 0.3) is 0 Å². The van der Waals surface area contributed by atoms with E-state index in [1.165, 1.54) is 0 Å². The van der Waals surface area contributed by atoms with Crippen LogP contribution in [0.25, 0.3) is 44.7 Å².